The molecule has 132 valence electrons. The number of carbonyl (C=O) groups is 2. The first-order chi connectivity index (χ1) is 12.4. The molecule has 0 radical (unpaired) electrons. The van der Waals surface area contributed by atoms with Crippen LogP contribution in [0.5, 0.6) is 0 Å². The Bertz CT molecular complexity index is 1020. The Balaban J connectivity index is 1.64. The number of pyridine rings is 1. The number of rotatable bonds is 3. The fraction of sp³-hybridized carbons (Fsp3) is 0.263. The number of nitrogens with zero attached hydrogens (tertiary/aromatic N) is 3. The molecule has 3 aromatic rings. The van der Waals surface area contributed by atoms with Gasteiger partial charge in [-0.15, -0.1) is 0 Å². The van der Waals surface area contributed by atoms with Crippen LogP contribution in [-0.4, -0.2) is 31.8 Å². The van der Waals surface area contributed by atoms with E-state index in [1.54, 1.807) is 13.1 Å². The summed E-state index contributed by atoms with van der Waals surface area (Å²) in [4.78, 5) is 38.4. The number of aryl methyl sites for hydroxylation is 2. The number of benzene rings is 1. The molecule has 0 saturated carbocycles. The van der Waals surface area contributed by atoms with E-state index in [1.165, 1.54) is 4.90 Å². The highest BCUT2D eigenvalue weighted by Crippen LogP contribution is 2.30. The van der Waals surface area contributed by atoms with E-state index in [4.69, 9.17) is 0 Å². The molecule has 1 aliphatic heterocycles. The first-order valence-electron chi connectivity index (χ1n) is 8.40. The second kappa shape index (κ2) is 5.66. The van der Waals surface area contributed by atoms with Crippen LogP contribution in [0.25, 0.3) is 11.2 Å². The maximum Gasteiger partial charge on any atom is 0.325 e. The third-order valence-corrected chi connectivity index (χ3v) is 4.86. The number of aromatic amines is 1. The minimum atomic E-state index is -1.08. The second-order valence-electron chi connectivity index (χ2n) is 6.82. The minimum Gasteiger partial charge on any atom is -0.339 e. The van der Waals surface area contributed by atoms with Crippen LogP contribution in [0.4, 0.5) is 4.79 Å². The van der Waals surface area contributed by atoms with Gasteiger partial charge in [-0.05, 0) is 38.0 Å². The normalized spacial score (nSPS) is 20.0. The number of imidazole rings is 1. The Morgan fingerprint density at radius 1 is 1.12 bits per heavy atom. The van der Waals surface area contributed by atoms with Gasteiger partial charge in [0.1, 0.15) is 11.4 Å². The number of carbonyl (C=O) groups excluding carboxylic acids is 2. The molecule has 7 heteroatoms. The van der Waals surface area contributed by atoms with E-state index >= 15 is 0 Å². The summed E-state index contributed by atoms with van der Waals surface area (Å²) >= 11 is 0. The lowest BCUT2D eigenvalue weighted by molar-refractivity contribution is -0.131. The van der Waals surface area contributed by atoms with Gasteiger partial charge in [-0.1, -0.05) is 29.8 Å². The van der Waals surface area contributed by atoms with Crippen molar-refractivity contribution in [3.05, 3.63) is 59.0 Å². The monoisotopic (exact) mass is 349 g/mol. The number of aromatic nitrogens is 3. The zero-order valence-corrected chi connectivity index (χ0v) is 14.8. The maximum absolute atomic E-state index is 13.0. The van der Waals surface area contributed by atoms with Crippen LogP contribution in [-0.2, 0) is 16.9 Å². The molecule has 0 spiro atoms. The van der Waals surface area contributed by atoms with Crippen molar-refractivity contribution in [1.29, 1.82) is 0 Å². The molecule has 26 heavy (non-hydrogen) atoms. The second-order valence-corrected chi connectivity index (χ2v) is 6.82. The summed E-state index contributed by atoms with van der Waals surface area (Å²) in [7, 11) is 0. The first-order valence-corrected chi connectivity index (χ1v) is 8.40. The number of H-pyrrole nitrogens is 1. The van der Waals surface area contributed by atoms with Crippen LogP contribution < -0.4 is 5.32 Å². The SMILES string of the molecule is Cc1ccc([C@]2(C)NC(=O)N(Cc3nc4nccc(C)c4[nH]3)C2=O)cc1. The van der Waals surface area contributed by atoms with E-state index in [0.717, 1.165) is 22.2 Å². The summed E-state index contributed by atoms with van der Waals surface area (Å²) in [6.07, 6.45) is 1.68. The molecule has 3 heterocycles. The van der Waals surface area contributed by atoms with E-state index in [1.807, 2.05) is 44.2 Å². The number of amides is 3. The van der Waals surface area contributed by atoms with Gasteiger partial charge in [-0.3, -0.25) is 9.69 Å². The zero-order valence-electron chi connectivity index (χ0n) is 14.8. The van der Waals surface area contributed by atoms with Crippen LogP contribution in [0, 0.1) is 13.8 Å². The molecule has 1 atom stereocenters. The van der Waals surface area contributed by atoms with E-state index in [0.29, 0.717) is 11.5 Å². The summed E-state index contributed by atoms with van der Waals surface area (Å²) in [6, 6.07) is 9.04. The van der Waals surface area contributed by atoms with Crippen molar-refractivity contribution in [2.45, 2.75) is 32.9 Å². The van der Waals surface area contributed by atoms with Crippen molar-refractivity contribution >= 4 is 23.1 Å². The third kappa shape index (κ3) is 2.44. The van der Waals surface area contributed by atoms with Gasteiger partial charge in [0.15, 0.2) is 5.65 Å². The van der Waals surface area contributed by atoms with E-state index < -0.39 is 11.6 Å². The molecule has 3 amide bonds. The summed E-state index contributed by atoms with van der Waals surface area (Å²) < 4.78 is 0. The fourth-order valence-electron chi connectivity index (χ4n) is 3.23. The van der Waals surface area contributed by atoms with Gasteiger partial charge in [0, 0.05) is 6.20 Å². The molecule has 2 aromatic heterocycles. The predicted molar refractivity (Wildman–Crippen MR) is 96.2 cm³/mol. The number of urea groups is 1. The molecule has 0 bridgehead atoms. The van der Waals surface area contributed by atoms with Crippen molar-refractivity contribution in [3.8, 4) is 0 Å². The van der Waals surface area contributed by atoms with Crippen LogP contribution in [0.15, 0.2) is 36.5 Å². The Labute approximate surface area is 150 Å². The molecule has 0 aliphatic carbocycles. The quantitative estimate of drug-likeness (QED) is 0.711. The van der Waals surface area contributed by atoms with Crippen molar-refractivity contribution in [2.24, 2.45) is 0 Å². The predicted octanol–water partition coefficient (Wildman–Crippen LogP) is 2.54. The molecular weight excluding hydrogens is 330 g/mol. The lowest BCUT2D eigenvalue weighted by Gasteiger charge is -2.22. The Morgan fingerprint density at radius 3 is 2.54 bits per heavy atom. The van der Waals surface area contributed by atoms with E-state index in [9.17, 15) is 9.59 Å². The van der Waals surface area contributed by atoms with Crippen molar-refractivity contribution in [3.63, 3.8) is 0 Å². The topological polar surface area (TPSA) is 91.0 Å². The number of hydrogen-bond acceptors (Lipinski definition) is 4. The third-order valence-electron chi connectivity index (χ3n) is 4.86. The molecule has 1 aromatic carbocycles. The molecule has 4 rings (SSSR count). The largest absolute Gasteiger partial charge is 0.339 e. The smallest absolute Gasteiger partial charge is 0.325 e. The highest BCUT2D eigenvalue weighted by Gasteiger charge is 2.49. The minimum absolute atomic E-state index is 0.0713. The number of imide groups is 1. The first kappa shape index (κ1) is 16.3. The van der Waals surface area contributed by atoms with Gasteiger partial charge < -0.3 is 10.3 Å². The van der Waals surface area contributed by atoms with Gasteiger partial charge >= 0.3 is 6.03 Å². The molecule has 1 fully saturated rings. The average molecular weight is 349 g/mol. The summed E-state index contributed by atoms with van der Waals surface area (Å²) in [5.41, 5.74) is 3.17. The van der Waals surface area contributed by atoms with Crippen LogP contribution in [0.3, 0.4) is 0 Å². The lowest BCUT2D eigenvalue weighted by Crippen LogP contribution is -2.40. The van der Waals surface area contributed by atoms with Crippen LogP contribution >= 0.6 is 0 Å². The van der Waals surface area contributed by atoms with Crippen LogP contribution in [0.2, 0.25) is 0 Å². The Hall–Kier alpha value is -3.22. The summed E-state index contributed by atoms with van der Waals surface area (Å²) in [6.45, 7) is 5.73. The van der Waals surface area contributed by atoms with Gasteiger partial charge in [-0.25, -0.2) is 14.8 Å². The Kier molecular flexibility index (Phi) is 3.54. The van der Waals surface area contributed by atoms with Crippen molar-refractivity contribution in [2.75, 3.05) is 0 Å². The molecule has 7 nitrogen and oxygen atoms in total. The highest BCUT2D eigenvalue weighted by atomic mass is 16.2. The van der Waals surface area contributed by atoms with E-state index in [2.05, 4.69) is 20.3 Å². The summed E-state index contributed by atoms with van der Waals surface area (Å²) in [5, 5.41) is 2.81. The molecular formula is C19H19N5O2. The standard InChI is InChI=1S/C19H19N5O2/c1-11-4-6-13(7-5-11)19(3)17(25)24(18(26)23-19)10-14-21-15-12(2)8-9-20-16(15)22-14/h4-9H,10H2,1-3H3,(H,23,26)(H,20,21,22)/t19-/m0/s1. The number of hydrogen-bond donors (Lipinski definition) is 2. The molecule has 0 unspecified atom stereocenters. The van der Waals surface area contributed by atoms with Crippen molar-refractivity contribution < 1.29 is 9.59 Å². The number of nitrogens with one attached hydrogen (secondary N) is 2. The van der Waals surface area contributed by atoms with E-state index in [-0.39, 0.29) is 12.5 Å². The highest BCUT2D eigenvalue weighted by molar-refractivity contribution is 6.07. The van der Waals surface area contributed by atoms with Crippen LogP contribution in [0.1, 0.15) is 29.4 Å². The molecule has 1 saturated heterocycles. The van der Waals surface area contributed by atoms with Crippen molar-refractivity contribution in [1.82, 2.24) is 25.2 Å². The zero-order chi connectivity index (χ0) is 18.5. The fourth-order valence-corrected chi connectivity index (χ4v) is 3.23. The lowest BCUT2D eigenvalue weighted by atomic mass is 9.91. The van der Waals surface area contributed by atoms with Gasteiger partial charge in [-0.2, -0.15) is 0 Å². The Morgan fingerprint density at radius 2 is 1.85 bits per heavy atom. The summed E-state index contributed by atoms with van der Waals surface area (Å²) in [5.74, 6) is 0.231. The van der Waals surface area contributed by atoms with Gasteiger partial charge in [0.05, 0.1) is 12.1 Å². The molecule has 2 N–H and O–H groups in total. The van der Waals surface area contributed by atoms with Gasteiger partial charge in [0.25, 0.3) is 5.91 Å². The average Bonchev–Trinajstić information content (AvgIpc) is 3.11. The molecule has 1 aliphatic rings. The number of fused-ring (bicyclic) bond motifs is 1. The maximum atomic E-state index is 13.0. The van der Waals surface area contributed by atoms with Gasteiger partial charge in [0.2, 0.25) is 0 Å².